The number of rotatable bonds is 3. The Morgan fingerprint density at radius 2 is 1.31 bits per heavy atom. The maximum absolute atomic E-state index is 12.9. The molecule has 3 aromatic rings. The number of halogens is 7. The summed E-state index contributed by atoms with van der Waals surface area (Å²) in [6.07, 6.45) is -9.90. The van der Waals surface area contributed by atoms with Crippen molar-refractivity contribution < 1.29 is 31.1 Å². The molecule has 152 valence electrons. The molecule has 0 saturated heterocycles. The van der Waals surface area contributed by atoms with Crippen molar-refractivity contribution >= 4 is 11.6 Å². The highest BCUT2D eigenvalue weighted by Gasteiger charge is 2.37. The second kappa shape index (κ2) is 7.55. The van der Waals surface area contributed by atoms with E-state index in [0.29, 0.717) is 29.1 Å². The third-order valence-electron chi connectivity index (χ3n) is 3.77. The first-order valence-corrected chi connectivity index (χ1v) is 8.38. The summed E-state index contributed by atoms with van der Waals surface area (Å²) in [5, 5.41) is 0.0453. The van der Waals surface area contributed by atoms with Crippen molar-refractivity contribution in [3.8, 4) is 22.8 Å². The third-order valence-corrected chi connectivity index (χ3v) is 3.94. The number of aromatic nitrogens is 2. The predicted octanol–water partition coefficient (Wildman–Crippen LogP) is 6.94. The summed E-state index contributed by atoms with van der Waals surface area (Å²) in [5.74, 6) is -0.529. The topological polar surface area (TPSA) is 35.0 Å². The van der Waals surface area contributed by atoms with Gasteiger partial charge >= 0.3 is 12.4 Å². The van der Waals surface area contributed by atoms with Crippen LogP contribution in [0, 0.1) is 6.92 Å². The average Bonchev–Trinajstić information content (AvgIpc) is 2.60. The van der Waals surface area contributed by atoms with Crippen LogP contribution in [0.1, 0.15) is 16.8 Å². The zero-order valence-corrected chi connectivity index (χ0v) is 15.3. The van der Waals surface area contributed by atoms with Crippen molar-refractivity contribution in [3.05, 3.63) is 70.6 Å². The zero-order valence-electron chi connectivity index (χ0n) is 14.6. The molecular weight excluding hydrogens is 422 g/mol. The molecule has 29 heavy (non-hydrogen) atoms. The van der Waals surface area contributed by atoms with Crippen molar-refractivity contribution in [2.24, 2.45) is 0 Å². The molecule has 0 unspecified atom stereocenters. The van der Waals surface area contributed by atoms with Gasteiger partial charge in [-0.25, -0.2) is 9.97 Å². The minimum atomic E-state index is -4.95. The predicted molar refractivity (Wildman–Crippen MR) is 93.7 cm³/mol. The lowest BCUT2D eigenvalue weighted by Gasteiger charge is -2.15. The monoisotopic (exact) mass is 432 g/mol. The molecule has 0 spiro atoms. The molecule has 0 saturated carbocycles. The lowest BCUT2D eigenvalue weighted by Crippen LogP contribution is -2.11. The third kappa shape index (κ3) is 5.17. The van der Waals surface area contributed by atoms with Gasteiger partial charge in [-0.1, -0.05) is 0 Å². The minimum Gasteiger partial charge on any atom is -0.457 e. The zero-order chi connectivity index (χ0) is 21.4. The van der Waals surface area contributed by atoms with Crippen LogP contribution in [0.5, 0.6) is 11.5 Å². The van der Waals surface area contributed by atoms with Gasteiger partial charge in [-0.15, -0.1) is 0 Å². The van der Waals surface area contributed by atoms with E-state index in [1.807, 2.05) is 0 Å². The van der Waals surface area contributed by atoms with Crippen molar-refractivity contribution in [2.45, 2.75) is 19.3 Å². The molecule has 3 rings (SSSR count). The Labute approximate surface area is 165 Å². The van der Waals surface area contributed by atoms with Crippen LogP contribution in [-0.4, -0.2) is 9.97 Å². The summed E-state index contributed by atoms with van der Waals surface area (Å²) in [6.45, 7) is 1.72. The molecule has 0 aliphatic heterocycles. The van der Waals surface area contributed by atoms with Crippen LogP contribution in [0.2, 0.25) is 5.28 Å². The quantitative estimate of drug-likeness (QED) is 0.332. The second-order valence-corrected chi connectivity index (χ2v) is 6.37. The molecule has 1 aromatic heterocycles. The van der Waals surface area contributed by atoms with Gasteiger partial charge in [0, 0.05) is 11.3 Å². The maximum Gasteiger partial charge on any atom is 0.416 e. The van der Waals surface area contributed by atoms with E-state index >= 15 is 0 Å². The van der Waals surface area contributed by atoms with Gasteiger partial charge in [0.1, 0.15) is 11.5 Å². The molecule has 2 aromatic carbocycles. The summed E-state index contributed by atoms with van der Waals surface area (Å²) in [7, 11) is 0. The van der Waals surface area contributed by atoms with Gasteiger partial charge in [-0.3, -0.25) is 0 Å². The first kappa shape index (κ1) is 20.9. The molecule has 3 nitrogen and oxygen atoms in total. The fourth-order valence-corrected chi connectivity index (χ4v) is 2.72. The Bertz CT molecular complexity index is 980. The Morgan fingerprint density at radius 3 is 1.79 bits per heavy atom. The molecule has 0 amide bonds. The molecule has 0 radical (unpaired) electrons. The highest BCUT2D eigenvalue weighted by Crippen LogP contribution is 2.39. The van der Waals surface area contributed by atoms with E-state index in [1.54, 1.807) is 25.1 Å². The van der Waals surface area contributed by atoms with Crippen LogP contribution in [0.15, 0.2) is 48.5 Å². The van der Waals surface area contributed by atoms with Crippen LogP contribution < -0.4 is 4.74 Å². The Balaban J connectivity index is 1.91. The minimum absolute atomic E-state index is 0.0388. The summed E-state index contributed by atoms with van der Waals surface area (Å²) >= 11 is 5.81. The molecule has 0 bridgehead atoms. The summed E-state index contributed by atoms with van der Waals surface area (Å²) in [6, 6.07) is 8.62. The number of benzene rings is 2. The largest absolute Gasteiger partial charge is 0.457 e. The van der Waals surface area contributed by atoms with Crippen molar-refractivity contribution in [3.63, 3.8) is 0 Å². The van der Waals surface area contributed by atoms with Gasteiger partial charge in [-0.05, 0) is 67.1 Å². The van der Waals surface area contributed by atoms with E-state index < -0.39 is 29.2 Å². The van der Waals surface area contributed by atoms with Crippen LogP contribution in [0.3, 0.4) is 0 Å². The molecule has 0 aliphatic carbocycles. The smallest absolute Gasteiger partial charge is 0.416 e. The lowest BCUT2D eigenvalue weighted by molar-refractivity contribution is -0.143. The number of aryl methyl sites for hydroxylation is 1. The van der Waals surface area contributed by atoms with E-state index in [1.165, 1.54) is 12.1 Å². The van der Waals surface area contributed by atoms with E-state index in [9.17, 15) is 26.3 Å². The van der Waals surface area contributed by atoms with Gasteiger partial charge < -0.3 is 4.74 Å². The van der Waals surface area contributed by atoms with Crippen molar-refractivity contribution in [1.29, 1.82) is 0 Å². The van der Waals surface area contributed by atoms with Gasteiger partial charge in [0.2, 0.25) is 5.28 Å². The number of hydrogen-bond acceptors (Lipinski definition) is 3. The summed E-state index contributed by atoms with van der Waals surface area (Å²) < 4.78 is 82.8. The fraction of sp³-hybridized carbons (Fsp3) is 0.158. The highest BCUT2D eigenvalue weighted by molar-refractivity contribution is 6.28. The Hall–Kier alpha value is -2.81. The normalized spacial score (nSPS) is 12.1. The maximum atomic E-state index is 12.9. The highest BCUT2D eigenvalue weighted by atomic mass is 35.5. The van der Waals surface area contributed by atoms with Crippen LogP contribution in [0.25, 0.3) is 11.3 Å². The molecule has 0 N–H and O–H groups in total. The van der Waals surface area contributed by atoms with Crippen molar-refractivity contribution in [2.75, 3.05) is 0 Å². The number of nitrogens with zero attached hydrogens (tertiary/aromatic N) is 2. The number of alkyl halides is 6. The van der Waals surface area contributed by atoms with Crippen molar-refractivity contribution in [1.82, 2.24) is 9.97 Å². The van der Waals surface area contributed by atoms with E-state index in [0.717, 1.165) is 0 Å². The molecule has 10 heteroatoms. The molecule has 0 fully saturated rings. The van der Waals surface area contributed by atoms with Crippen LogP contribution in [0.4, 0.5) is 26.3 Å². The molecular formula is C19H11ClF6N2O. The standard InChI is InChI=1S/C19H11ClF6N2O/c1-10-6-16(28-17(20)27-10)11-2-4-14(5-3-11)29-15-8-12(18(21,22)23)7-13(9-15)19(24,25)26/h2-9H,1H3. The lowest BCUT2D eigenvalue weighted by atomic mass is 10.1. The Morgan fingerprint density at radius 1 is 0.759 bits per heavy atom. The van der Waals surface area contributed by atoms with Crippen LogP contribution in [-0.2, 0) is 12.4 Å². The van der Waals surface area contributed by atoms with E-state index in [-0.39, 0.29) is 17.1 Å². The second-order valence-electron chi connectivity index (χ2n) is 6.03. The SMILES string of the molecule is Cc1cc(-c2ccc(Oc3cc(C(F)(F)F)cc(C(F)(F)F)c3)cc2)nc(Cl)n1. The van der Waals surface area contributed by atoms with Gasteiger partial charge in [-0.2, -0.15) is 26.3 Å². The summed E-state index contributed by atoms with van der Waals surface area (Å²) in [5.41, 5.74) is -1.16. The average molecular weight is 433 g/mol. The van der Waals surface area contributed by atoms with Gasteiger partial charge in [0.05, 0.1) is 16.8 Å². The molecule has 0 aliphatic rings. The molecule has 1 heterocycles. The van der Waals surface area contributed by atoms with E-state index in [4.69, 9.17) is 16.3 Å². The molecule has 0 atom stereocenters. The first-order valence-electron chi connectivity index (χ1n) is 8.01. The van der Waals surface area contributed by atoms with E-state index in [2.05, 4.69) is 9.97 Å². The van der Waals surface area contributed by atoms with Gasteiger partial charge in [0.15, 0.2) is 0 Å². The Kier molecular flexibility index (Phi) is 5.44. The fourth-order valence-electron chi connectivity index (χ4n) is 2.50. The number of ether oxygens (including phenoxy) is 1. The summed E-state index contributed by atoms with van der Waals surface area (Å²) in [4.78, 5) is 7.99. The number of hydrogen-bond donors (Lipinski definition) is 0. The van der Waals surface area contributed by atoms with Gasteiger partial charge in [0.25, 0.3) is 0 Å². The van der Waals surface area contributed by atoms with Crippen LogP contribution >= 0.6 is 11.6 Å². The first-order chi connectivity index (χ1) is 13.4.